The van der Waals surface area contributed by atoms with Crippen LogP contribution in [0.25, 0.3) is 33.0 Å². The number of carbonyl (C=O) groups is 7. The molecule has 0 spiro atoms. The molecule has 408 valence electrons. The summed E-state index contributed by atoms with van der Waals surface area (Å²) in [4.78, 5) is 80.5. The van der Waals surface area contributed by atoms with Gasteiger partial charge in [-0.25, -0.2) is 37.5 Å². The van der Waals surface area contributed by atoms with Gasteiger partial charge < -0.3 is 33.2 Å². The van der Waals surface area contributed by atoms with E-state index >= 15 is 0 Å². The van der Waals surface area contributed by atoms with E-state index in [2.05, 4.69) is 48.9 Å². The molecular weight excluding hydrogens is 1030 g/mol. The average Bonchev–Trinajstić information content (AvgIpc) is 3.41. The third-order valence-corrected chi connectivity index (χ3v) is 10.1. The highest BCUT2D eigenvalue weighted by atomic mass is 19.2. The number of fused-ring (bicyclic) bond motifs is 1. The van der Waals surface area contributed by atoms with E-state index in [4.69, 9.17) is 23.7 Å². The lowest BCUT2D eigenvalue weighted by Crippen LogP contribution is -2.14. The maximum Gasteiger partial charge on any atom is 0.338 e. The molecule has 0 aromatic heterocycles. The van der Waals surface area contributed by atoms with Crippen LogP contribution in [0.1, 0.15) is 48.0 Å². The minimum Gasteiger partial charge on any atom is -0.462 e. The van der Waals surface area contributed by atoms with Crippen molar-refractivity contribution in [2.45, 2.75) is 48.0 Å². The van der Waals surface area contributed by atoms with E-state index in [9.17, 15) is 51.1 Å². The predicted octanol–water partition coefficient (Wildman–Crippen LogP) is 12.9. The van der Waals surface area contributed by atoms with Crippen molar-refractivity contribution in [1.29, 1.82) is 0 Å². The number of hydrogen-bond donors (Lipinski definition) is 0. The molecule has 6 rings (SSSR count). The Balaban J connectivity index is 0.000000258. The van der Waals surface area contributed by atoms with E-state index in [1.165, 1.54) is 20.8 Å². The molecule has 6 aromatic carbocycles. The second-order valence-electron chi connectivity index (χ2n) is 17.2. The summed E-state index contributed by atoms with van der Waals surface area (Å²) in [5, 5.41) is 1.73. The lowest BCUT2D eigenvalue weighted by molar-refractivity contribution is -0.142. The van der Waals surface area contributed by atoms with Gasteiger partial charge in [-0.05, 0) is 136 Å². The standard InChI is InChI=1S/C23H22O6.C20H14F4O4.C18H16O4/c1-15(2)22(25)27-14-13-21(24)28-19-9-5-17(6-10-19)18-7-11-20(12-8-18)29-23(26)16(3)4;1-9(2)19(25)27-13-7-5-11(15(21)17(13)23)12-6-8-14(18(24)16(12)22)28-20(26)10(3)4;1-11(2)17(19)21-15-7-5-14-10-16(8-6-13(14)9-15)22-18(20)12(3)4/h5-12H,1,3,13-14H2,2,4H3;5-8H,1,3H2,2,4H3;5-10H,1,3H2,2,4H3. The molecule has 0 N–H and O–H groups in total. The fraction of sp³-hybridized carbons (Fsp3) is 0.131. The van der Waals surface area contributed by atoms with E-state index in [1.807, 2.05) is 12.1 Å². The van der Waals surface area contributed by atoms with Crippen LogP contribution in [0.15, 0.2) is 182 Å². The van der Waals surface area contributed by atoms with Gasteiger partial charge in [0.05, 0.1) is 6.42 Å². The number of benzene rings is 6. The molecule has 0 saturated carbocycles. The molecule has 0 fully saturated rings. The van der Waals surface area contributed by atoms with E-state index in [0.717, 1.165) is 46.2 Å². The fourth-order valence-corrected chi connectivity index (χ4v) is 5.89. The quantitative estimate of drug-likeness (QED) is 0.0364. The second kappa shape index (κ2) is 28.2. The Hall–Kier alpha value is -9.97. The third kappa shape index (κ3) is 18.1. The highest BCUT2D eigenvalue weighted by molar-refractivity contribution is 5.93. The maximum atomic E-state index is 14.4. The molecule has 0 radical (unpaired) electrons. The molecule has 0 unspecified atom stereocenters. The lowest BCUT2D eigenvalue weighted by atomic mass is 10.0. The summed E-state index contributed by atoms with van der Waals surface area (Å²) < 4.78 is 91.9. The lowest BCUT2D eigenvalue weighted by Gasteiger charge is -2.12. The molecule has 0 heterocycles. The number of carbonyl (C=O) groups excluding carboxylic acids is 7. The van der Waals surface area contributed by atoms with Gasteiger partial charge in [0.25, 0.3) is 0 Å². The summed E-state index contributed by atoms with van der Waals surface area (Å²) in [6.07, 6.45) is -0.0505. The largest absolute Gasteiger partial charge is 0.462 e. The number of rotatable bonds is 17. The Labute approximate surface area is 452 Å². The molecule has 0 amide bonds. The van der Waals surface area contributed by atoms with Crippen LogP contribution < -0.4 is 28.4 Å². The van der Waals surface area contributed by atoms with Crippen molar-refractivity contribution >= 4 is 52.6 Å². The molecule has 79 heavy (non-hydrogen) atoms. The van der Waals surface area contributed by atoms with Gasteiger partial charge in [-0.1, -0.05) is 75.9 Å². The highest BCUT2D eigenvalue weighted by Crippen LogP contribution is 2.35. The first-order valence-electron chi connectivity index (χ1n) is 23.3. The van der Waals surface area contributed by atoms with Crippen LogP contribution in [0.5, 0.6) is 34.5 Å². The Morgan fingerprint density at radius 2 is 0.658 bits per heavy atom. The Morgan fingerprint density at radius 3 is 1.00 bits per heavy atom. The normalized spacial score (nSPS) is 10.2. The average molecular weight is 1090 g/mol. The molecule has 0 aliphatic rings. The highest BCUT2D eigenvalue weighted by Gasteiger charge is 2.24. The summed E-state index contributed by atoms with van der Waals surface area (Å²) in [5.41, 5.74) is 1.74. The second-order valence-corrected chi connectivity index (χ2v) is 17.2. The van der Waals surface area contributed by atoms with Crippen molar-refractivity contribution < 1.29 is 84.3 Å². The molecule has 0 saturated heterocycles. The first kappa shape index (κ1) is 61.6. The van der Waals surface area contributed by atoms with E-state index in [0.29, 0.717) is 39.7 Å². The Morgan fingerprint density at radius 1 is 0.354 bits per heavy atom. The van der Waals surface area contributed by atoms with Gasteiger partial charge in [0.1, 0.15) is 29.6 Å². The number of halogens is 4. The molecule has 18 heteroatoms. The van der Waals surface area contributed by atoms with Crippen molar-refractivity contribution in [3.05, 3.63) is 205 Å². The summed E-state index contributed by atoms with van der Waals surface area (Å²) in [7, 11) is 0. The van der Waals surface area contributed by atoms with Crippen LogP contribution in [0, 0.1) is 23.3 Å². The minimum absolute atomic E-state index is 0.0445. The summed E-state index contributed by atoms with van der Waals surface area (Å²) in [6.45, 7) is 29.5. The summed E-state index contributed by atoms with van der Waals surface area (Å²) >= 11 is 0. The molecule has 0 atom stereocenters. The van der Waals surface area contributed by atoms with Gasteiger partial charge in [0.15, 0.2) is 23.1 Å². The zero-order chi connectivity index (χ0) is 58.8. The van der Waals surface area contributed by atoms with Gasteiger partial charge in [-0.15, -0.1) is 0 Å². The van der Waals surface area contributed by atoms with Crippen LogP contribution in [-0.4, -0.2) is 48.4 Å². The van der Waals surface area contributed by atoms with E-state index < -0.39 is 87.7 Å². The van der Waals surface area contributed by atoms with E-state index in [1.54, 1.807) is 93.6 Å². The first-order valence-corrected chi connectivity index (χ1v) is 23.3. The summed E-state index contributed by atoms with van der Waals surface area (Å²) in [6, 6.07) is 28.0. The van der Waals surface area contributed by atoms with E-state index in [-0.39, 0.29) is 29.7 Å². The monoisotopic (exact) mass is 1080 g/mol. The molecule has 0 aliphatic heterocycles. The van der Waals surface area contributed by atoms with Crippen LogP contribution >= 0.6 is 0 Å². The van der Waals surface area contributed by atoms with Crippen molar-refractivity contribution in [3.63, 3.8) is 0 Å². The zero-order valence-corrected chi connectivity index (χ0v) is 43.8. The number of hydrogen-bond acceptors (Lipinski definition) is 14. The number of ether oxygens (including phenoxy) is 7. The van der Waals surface area contributed by atoms with Crippen molar-refractivity contribution in [3.8, 4) is 56.8 Å². The van der Waals surface area contributed by atoms with Crippen LogP contribution in [0.4, 0.5) is 17.6 Å². The van der Waals surface area contributed by atoms with Gasteiger partial charge in [0.2, 0.25) is 11.6 Å². The molecule has 0 aliphatic carbocycles. The predicted molar refractivity (Wildman–Crippen MR) is 286 cm³/mol. The van der Waals surface area contributed by atoms with Gasteiger partial charge in [-0.2, -0.15) is 8.78 Å². The van der Waals surface area contributed by atoms with Crippen molar-refractivity contribution in [2.24, 2.45) is 0 Å². The molecule has 0 bridgehead atoms. The number of esters is 7. The molecular formula is C61H52F4O14. The van der Waals surface area contributed by atoms with Crippen molar-refractivity contribution in [2.75, 3.05) is 6.61 Å². The Kier molecular flexibility index (Phi) is 22.0. The summed E-state index contributed by atoms with van der Waals surface area (Å²) in [5.74, 6) is -10.4. The van der Waals surface area contributed by atoms with Crippen LogP contribution in [0.2, 0.25) is 0 Å². The van der Waals surface area contributed by atoms with Crippen LogP contribution in [0.3, 0.4) is 0 Å². The maximum absolute atomic E-state index is 14.4. The van der Waals surface area contributed by atoms with Crippen LogP contribution in [-0.2, 0) is 38.3 Å². The topological polar surface area (TPSA) is 184 Å². The fourth-order valence-electron chi connectivity index (χ4n) is 5.89. The SMILES string of the molecule is C=C(C)C(=O)OCCC(=O)Oc1ccc(-c2ccc(OC(=O)C(=C)C)cc2)cc1.C=C(C)C(=O)Oc1ccc(-c2ccc(OC(=O)C(=C)C)c(F)c2F)c(F)c1F.C=C(C)C(=O)Oc1ccc2cc(OC(=O)C(=C)C)ccc2c1. The van der Waals surface area contributed by atoms with Crippen molar-refractivity contribution in [1.82, 2.24) is 0 Å². The Bertz CT molecular complexity index is 3300. The van der Waals surface area contributed by atoms with Gasteiger partial charge in [-0.3, -0.25) is 4.79 Å². The minimum atomic E-state index is -1.57. The molecule has 6 aromatic rings. The zero-order valence-electron chi connectivity index (χ0n) is 43.8. The third-order valence-electron chi connectivity index (χ3n) is 10.1. The van der Waals surface area contributed by atoms with Gasteiger partial charge in [0, 0.05) is 44.6 Å². The molecule has 14 nitrogen and oxygen atoms in total. The van der Waals surface area contributed by atoms with Gasteiger partial charge >= 0.3 is 41.8 Å². The first-order chi connectivity index (χ1) is 37.2. The smallest absolute Gasteiger partial charge is 0.338 e.